The molecule has 90 valence electrons. The second-order valence-electron chi connectivity index (χ2n) is 4.83. The lowest BCUT2D eigenvalue weighted by Gasteiger charge is -2.29. The first kappa shape index (κ1) is 11.6. The van der Waals surface area contributed by atoms with Gasteiger partial charge < -0.3 is 0 Å². The van der Waals surface area contributed by atoms with Gasteiger partial charge in [0.25, 0.3) is 0 Å². The summed E-state index contributed by atoms with van der Waals surface area (Å²) in [5.74, 6) is -2.46. The molecule has 1 aromatic rings. The summed E-state index contributed by atoms with van der Waals surface area (Å²) in [6.07, 6.45) is 1.06. The number of aromatic nitrogens is 2. The zero-order valence-electron chi connectivity index (χ0n) is 10.1. The third-order valence-electron chi connectivity index (χ3n) is 3.72. The number of halogens is 2. The van der Waals surface area contributed by atoms with Crippen molar-refractivity contribution >= 4 is 0 Å². The first-order valence-electron chi connectivity index (χ1n) is 5.81. The van der Waals surface area contributed by atoms with Crippen molar-refractivity contribution in [2.75, 3.05) is 0 Å². The minimum Gasteiger partial charge on any atom is -0.266 e. The summed E-state index contributed by atoms with van der Waals surface area (Å²) in [5.41, 5.74) is 3.31. The molecule has 0 bridgehead atoms. The molecule has 0 amide bonds. The Kier molecular flexibility index (Phi) is 2.76. The molecule has 0 radical (unpaired) electrons. The lowest BCUT2D eigenvalue weighted by atomic mass is 9.92. The van der Waals surface area contributed by atoms with Crippen LogP contribution < -0.4 is 0 Å². The summed E-state index contributed by atoms with van der Waals surface area (Å²) in [6, 6.07) is 0.159. The van der Waals surface area contributed by atoms with Crippen LogP contribution in [0.1, 0.15) is 48.7 Å². The van der Waals surface area contributed by atoms with Gasteiger partial charge >= 0.3 is 0 Å². The van der Waals surface area contributed by atoms with E-state index in [0.29, 0.717) is 12.8 Å². The van der Waals surface area contributed by atoms with Crippen LogP contribution in [-0.4, -0.2) is 15.7 Å². The van der Waals surface area contributed by atoms with Crippen LogP contribution in [0.3, 0.4) is 0 Å². The fourth-order valence-electron chi connectivity index (χ4n) is 2.37. The number of rotatable bonds is 1. The summed E-state index contributed by atoms with van der Waals surface area (Å²) < 4.78 is 28.0. The molecule has 0 atom stereocenters. The largest absolute Gasteiger partial charge is 0.266 e. The maximum absolute atomic E-state index is 13.0. The molecular formula is C12H18F2N2. The second-order valence-corrected chi connectivity index (χ2v) is 4.83. The van der Waals surface area contributed by atoms with Gasteiger partial charge in [0.05, 0.1) is 11.7 Å². The molecule has 2 rings (SSSR count). The first-order chi connectivity index (χ1) is 7.41. The van der Waals surface area contributed by atoms with E-state index in [1.807, 2.05) is 25.5 Å². The molecule has 1 aliphatic rings. The van der Waals surface area contributed by atoms with E-state index in [1.165, 1.54) is 5.56 Å². The van der Waals surface area contributed by atoms with E-state index in [2.05, 4.69) is 5.10 Å². The Morgan fingerprint density at radius 2 is 1.75 bits per heavy atom. The van der Waals surface area contributed by atoms with Crippen molar-refractivity contribution in [3.8, 4) is 0 Å². The Balaban J connectivity index is 2.17. The zero-order valence-corrected chi connectivity index (χ0v) is 10.1. The van der Waals surface area contributed by atoms with Crippen LogP contribution in [0.15, 0.2) is 0 Å². The van der Waals surface area contributed by atoms with Crippen molar-refractivity contribution in [2.45, 2.75) is 58.4 Å². The van der Waals surface area contributed by atoms with E-state index in [-0.39, 0.29) is 18.9 Å². The molecule has 4 heteroatoms. The molecule has 2 nitrogen and oxygen atoms in total. The van der Waals surface area contributed by atoms with Crippen molar-refractivity contribution in [3.63, 3.8) is 0 Å². The normalized spacial score (nSPS) is 21.3. The average molecular weight is 228 g/mol. The predicted octanol–water partition coefficient (Wildman–Crippen LogP) is 3.56. The Bertz CT molecular complexity index is 386. The fourth-order valence-corrected chi connectivity index (χ4v) is 2.37. The summed E-state index contributed by atoms with van der Waals surface area (Å²) in [7, 11) is 0. The lowest BCUT2D eigenvalue weighted by molar-refractivity contribution is -0.0451. The molecule has 1 fully saturated rings. The van der Waals surface area contributed by atoms with Gasteiger partial charge in [0, 0.05) is 18.5 Å². The van der Waals surface area contributed by atoms with Gasteiger partial charge in [-0.15, -0.1) is 0 Å². The van der Waals surface area contributed by atoms with Crippen molar-refractivity contribution < 1.29 is 8.78 Å². The highest BCUT2D eigenvalue weighted by Gasteiger charge is 2.36. The summed E-state index contributed by atoms with van der Waals surface area (Å²) in [6.45, 7) is 6.02. The topological polar surface area (TPSA) is 17.8 Å². The Morgan fingerprint density at radius 3 is 2.19 bits per heavy atom. The van der Waals surface area contributed by atoms with Crippen LogP contribution in [0.5, 0.6) is 0 Å². The molecular weight excluding hydrogens is 210 g/mol. The van der Waals surface area contributed by atoms with E-state index < -0.39 is 5.92 Å². The van der Waals surface area contributed by atoms with Crippen molar-refractivity contribution in [2.24, 2.45) is 0 Å². The second kappa shape index (κ2) is 3.82. The third kappa shape index (κ3) is 1.97. The monoisotopic (exact) mass is 228 g/mol. The van der Waals surface area contributed by atoms with Crippen LogP contribution in [0.25, 0.3) is 0 Å². The molecule has 16 heavy (non-hydrogen) atoms. The smallest absolute Gasteiger partial charge is 0.248 e. The number of aryl methyl sites for hydroxylation is 1. The summed E-state index contributed by atoms with van der Waals surface area (Å²) in [5, 5.41) is 4.45. The molecule has 1 aliphatic carbocycles. The van der Waals surface area contributed by atoms with Gasteiger partial charge in [0.1, 0.15) is 0 Å². The van der Waals surface area contributed by atoms with E-state index in [0.717, 1.165) is 11.4 Å². The first-order valence-corrected chi connectivity index (χ1v) is 5.81. The van der Waals surface area contributed by atoms with Gasteiger partial charge in [-0.1, -0.05) is 0 Å². The Morgan fingerprint density at radius 1 is 1.19 bits per heavy atom. The predicted molar refractivity (Wildman–Crippen MR) is 58.9 cm³/mol. The molecule has 1 saturated carbocycles. The number of hydrogen-bond acceptors (Lipinski definition) is 1. The standard InChI is InChI=1S/C12H18F2N2/c1-8-9(2)15-16(10(8)3)11-4-6-12(13,14)7-5-11/h11H,4-7H2,1-3H3. The lowest BCUT2D eigenvalue weighted by Crippen LogP contribution is -2.27. The fraction of sp³-hybridized carbons (Fsp3) is 0.750. The maximum atomic E-state index is 13.0. The zero-order chi connectivity index (χ0) is 11.9. The van der Waals surface area contributed by atoms with Gasteiger partial charge in [0.15, 0.2) is 0 Å². The van der Waals surface area contributed by atoms with Gasteiger partial charge in [-0.05, 0) is 39.2 Å². The number of alkyl halides is 2. The molecule has 0 unspecified atom stereocenters. The molecule has 1 aromatic heterocycles. The molecule has 0 saturated heterocycles. The van der Waals surface area contributed by atoms with Crippen molar-refractivity contribution in [1.82, 2.24) is 9.78 Å². The van der Waals surface area contributed by atoms with Gasteiger partial charge in [0.2, 0.25) is 5.92 Å². The molecule has 1 heterocycles. The highest BCUT2D eigenvalue weighted by molar-refractivity contribution is 5.22. The van der Waals surface area contributed by atoms with Gasteiger partial charge in [-0.25, -0.2) is 8.78 Å². The molecule has 0 spiro atoms. The minimum absolute atomic E-state index is 0.00490. The van der Waals surface area contributed by atoms with Crippen LogP contribution in [0, 0.1) is 20.8 Å². The Hall–Kier alpha value is -0.930. The van der Waals surface area contributed by atoms with E-state index >= 15 is 0 Å². The molecule has 0 N–H and O–H groups in total. The van der Waals surface area contributed by atoms with E-state index in [4.69, 9.17) is 0 Å². The third-order valence-corrected chi connectivity index (χ3v) is 3.72. The number of nitrogens with zero attached hydrogens (tertiary/aromatic N) is 2. The van der Waals surface area contributed by atoms with Gasteiger partial charge in [-0.2, -0.15) is 5.10 Å². The van der Waals surface area contributed by atoms with Crippen molar-refractivity contribution in [1.29, 1.82) is 0 Å². The van der Waals surface area contributed by atoms with Gasteiger partial charge in [-0.3, -0.25) is 4.68 Å². The van der Waals surface area contributed by atoms with Crippen LogP contribution >= 0.6 is 0 Å². The average Bonchev–Trinajstić information content (AvgIpc) is 2.46. The van der Waals surface area contributed by atoms with E-state index in [1.54, 1.807) is 0 Å². The minimum atomic E-state index is -2.46. The highest BCUT2D eigenvalue weighted by Crippen LogP contribution is 2.38. The van der Waals surface area contributed by atoms with Crippen LogP contribution in [0.2, 0.25) is 0 Å². The van der Waals surface area contributed by atoms with Crippen LogP contribution in [-0.2, 0) is 0 Å². The summed E-state index contributed by atoms with van der Waals surface area (Å²) >= 11 is 0. The maximum Gasteiger partial charge on any atom is 0.248 e. The SMILES string of the molecule is Cc1nn(C2CCC(F)(F)CC2)c(C)c1C. The quantitative estimate of drug-likeness (QED) is 0.718. The van der Waals surface area contributed by atoms with E-state index in [9.17, 15) is 8.78 Å². The molecule has 0 aliphatic heterocycles. The van der Waals surface area contributed by atoms with Crippen LogP contribution in [0.4, 0.5) is 8.78 Å². The van der Waals surface area contributed by atoms with Crippen molar-refractivity contribution in [3.05, 3.63) is 17.0 Å². The Labute approximate surface area is 94.6 Å². The highest BCUT2D eigenvalue weighted by atomic mass is 19.3. The summed E-state index contributed by atoms with van der Waals surface area (Å²) in [4.78, 5) is 0. The number of hydrogen-bond donors (Lipinski definition) is 0. The molecule has 0 aromatic carbocycles.